The van der Waals surface area contributed by atoms with Crippen molar-refractivity contribution in [3.8, 4) is 0 Å². The van der Waals surface area contributed by atoms with Gasteiger partial charge >= 0.3 is 5.97 Å². The van der Waals surface area contributed by atoms with E-state index in [2.05, 4.69) is 16.0 Å². The molecular formula is C29H30N4O4. The summed E-state index contributed by atoms with van der Waals surface area (Å²) in [5, 5.41) is 9.27. The minimum Gasteiger partial charge on any atom is -0.462 e. The lowest BCUT2D eigenvalue weighted by Gasteiger charge is -2.19. The molecule has 37 heavy (non-hydrogen) atoms. The Labute approximate surface area is 216 Å². The Hall–Kier alpha value is -4.43. The van der Waals surface area contributed by atoms with E-state index in [4.69, 9.17) is 4.74 Å². The first kappa shape index (κ1) is 25.7. The fourth-order valence-electron chi connectivity index (χ4n) is 4.10. The van der Waals surface area contributed by atoms with Gasteiger partial charge in [-0.05, 0) is 55.9 Å². The number of carbonyl (C=O) groups is 3. The van der Waals surface area contributed by atoms with Crippen LogP contribution in [0.3, 0.4) is 0 Å². The zero-order valence-electron chi connectivity index (χ0n) is 21.1. The maximum absolute atomic E-state index is 13.2. The molecule has 0 spiro atoms. The number of rotatable bonds is 9. The standard InChI is InChI=1S/C29H30N4O4/c1-4-37-29(36)20-10-15-23-24(18-20)32-28(35)26(23)27(19-8-6-5-7-9-19)31-21-11-13-22(14-12-21)33(3)25(34)16-17-30-2/h5-15,18,30-31H,4,16-17H2,1-3H3,(H,32,35). The van der Waals surface area contributed by atoms with Gasteiger partial charge in [-0.25, -0.2) is 4.79 Å². The van der Waals surface area contributed by atoms with Gasteiger partial charge in [0.25, 0.3) is 5.91 Å². The molecule has 0 bridgehead atoms. The molecule has 1 heterocycles. The summed E-state index contributed by atoms with van der Waals surface area (Å²) in [5.74, 6) is -0.690. The molecule has 0 aromatic heterocycles. The maximum atomic E-state index is 13.2. The van der Waals surface area contributed by atoms with Crippen LogP contribution in [0.2, 0.25) is 0 Å². The third kappa shape index (κ3) is 5.70. The van der Waals surface area contributed by atoms with Gasteiger partial charge in [0.2, 0.25) is 5.91 Å². The molecule has 0 aliphatic carbocycles. The number of amides is 2. The van der Waals surface area contributed by atoms with Gasteiger partial charge in [-0.3, -0.25) is 9.59 Å². The molecule has 8 heteroatoms. The van der Waals surface area contributed by atoms with Crippen molar-refractivity contribution in [2.45, 2.75) is 13.3 Å². The summed E-state index contributed by atoms with van der Waals surface area (Å²) in [6.45, 7) is 2.63. The van der Waals surface area contributed by atoms with Crippen LogP contribution in [0.15, 0.2) is 72.8 Å². The van der Waals surface area contributed by atoms with Gasteiger partial charge in [0.05, 0.1) is 29.1 Å². The molecule has 0 atom stereocenters. The lowest BCUT2D eigenvalue weighted by Crippen LogP contribution is -2.28. The van der Waals surface area contributed by atoms with Crippen molar-refractivity contribution in [2.24, 2.45) is 0 Å². The van der Waals surface area contributed by atoms with Crippen LogP contribution in [0.25, 0.3) is 11.3 Å². The van der Waals surface area contributed by atoms with Crippen molar-refractivity contribution in [1.82, 2.24) is 5.32 Å². The molecule has 190 valence electrons. The van der Waals surface area contributed by atoms with E-state index in [0.717, 1.165) is 16.9 Å². The van der Waals surface area contributed by atoms with Gasteiger partial charge in [0.1, 0.15) is 0 Å². The van der Waals surface area contributed by atoms with Crippen LogP contribution in [0.5, 0.6) is 0 Å². The average Bonchev–Trinajstić information content (AvgIpc) is 3.25. The number of nitrogens with one attached hydrogen (secondary N) is 3. The summed E-state index contributed by atoms with van der Waals surface area (Å²) in [4.78, 5) is 39.4. The number of hydrogen-bond acceptors (Lipinski definition) is 6. The van der Waals surface area contributed by atoms with Crippen molar-refractivity contribution < 1.29 is 19.1 Å². The van der Waals surface area contributed by atoms with E-state index in [0.29, 0.717) is 41.1 Å². The van der Waals surface area contributed by atoms with E-state index in [9.17, 15) is 14.4 Å². The van der Waals surface area contributed by atoms with Gasteiger partial charge < -0.3 is 25.6 Å². The number of benzene rings is 3. The largest absolute Gasteiger partial charge is 0.462 e. The van der Waals surface area contributed by atoms with E-state index in [-0.39, 0.29) is 18.4 Å². The molecule has 0 radical (unpaired) electrons. The monoisotopic (exact) mass is 498 g/mol. The van der Waals surface area contributed by atoms with E-state index >= 15 is 0 Å². The van der Waals surface area contributed by atoms with Crippen LogP contribution in [0.1, 0.15) is 34.8 Å². The van der Waals surface area contributed by atoms with Crippen LogP contribution in [-0.4, -0.2) is 45.0 Å². The number of hydrogen-bond donors (Lipinski definition) is 3. The molecule has 2 amide bonds. The van der Waals surface area contributed by atoms with Crippen LogP contribution >= 0.6 is 0 Å². The topological polar surface area (TPSA) is 99.8 Å². The third-order valence-corrected chi connectivity index (χ3v) is 6.07. The minimum atomic E-state index is -0.437. The molecule has 3 N–H and O–H groups in total. The number of carbonyl (C=O) groups excluding carboxylic acids is 3. The van der Waals surface area contributed by atoms with Crippen LogP contribution in [0.4, 0.5) is 17.1 Å². The Kier molecular flexibility index (Phi) is 8.00. The van der Waals surface area contributed by atoms with E-state index in [1.54, 1.807) is 37.1 Å². The van der Waals surface area contributed by atoms with Crippen molar-refractivity contribution in [2.75, 3.05) is 42.8 Å². The molecule has 0 saturated carbocycles. The fourth-order valence-corrected chi connectivity index (χ4v) is 4.10. The Morgan fingerprint density at radius 2 is 1.70 bits per heavy atom. The molecule has 0 unspecified atom stereocenters. The zero-order valence-corrected chi connectivity index (χ0v) is 21.1. The molecule has 8 nitrogen and oxygen atoms in total. The predicted molar refractivity (Wildman–Crippen MR) is 146 cm³/mol. The van der Waals surface area contributed by atoms with Gasteiger partial charge in [-0.15, -0.1) is 0 Å². The van der Waals surface area contributed by atoms with Crippen molar-refractivity contribution in [3.05, 3.63) is 89.5 Å². The molecule has 3 aromatic rings. The Bertz CT molecular complexity index is 1330. The first-order valence-electron chi connectivity index (χ1n) is 12.1. The van der Waals surface area contributed by atoms with Crippen LogP contribution < -0.4 is 20.9 Å². The highest BCUT2D eigenvalue weighted by Crippen LogP contribution is 2.38. The predicted octanol–water partition coefficient (Wildman–Crippen LogP) is 4.37. The van der Waals surface area contributed by atoms with Gasteiger partial charge in [0.15, 0.2) is 0 Å². The second-order valence-corrected chi connectivity index (χ2v) is 8.53. The fraction of sp³-hybridized carbons (Fsp3) is 0.207. The normalized spacial score (nSPS) is 13.4. The van der Waals surface area contributed by atoms with Crippen LogP contribution in [-0.2, 0) is 14.3 Å². The summed E-state index contributed by atoms with van der Waals surface area (Å²) in [6, 6.07) is 22.1. The highest BCUT2D eigenvalue weighted by molar-refractivity contribution is 6.37. The highest BCUT2D eigenvalue weighted by Gasteiger charge is 2.29. The third-order valence-electron chi connectivity index (χ3n) is 6.07. The molecule has 3 aromatic carbocycles. The quantitative estimate of drug-likeness (QED) is 0.299. The molecule has 0 saturated heterocycles. The summed E-state index contributed by atoms with van der Waals surface area (Å²) < 4.78 is 5.09. The first-order chi connectivity index (χ1) is 17.9. The number of anilines is 3. The molecule has 1 aliphatic rings. The molecular weight excluding hydrogens is 468 g/mol. The minimum absolute atomic E-state index is 0.0172. The summed E-state index contributed by atoms with van der Waals surface area (Å²) in [6.07, 6.45) is 0.406. The Morgan fingerprint density at radius 3 is 2.38 bits per heavy atom. The molecule has 0 fully saturated rings. The van der Waals surface area contributed by atoms with Gasteiger partial charge in [0, 0.05) is 37.0 Å². The van der Waals surface area contributed by atoms with E-state index in [1.807, 2.05) is 61.6 Å². The van der Waals surface area contributed by atoms with Gasteiger partial charge in [-0.2, -0.15) is 0 Å². The average molecular weight is 499 g/mol. The van der Waals surface area contributed by atoms with Crippen molar-refractivity contribution >= 4 is 46.1 Å². The number of fused-ring (bicyclic) bond motifs is 1. The molecule has 4 rings (SSSR count). The summed E-state index contributed by atoms with van der Waals surface area (Å²) in [5.41, 5.74) is 5.09. The van der Waals surface area contributed by atoms with E-state index < -0.39 is 5.97 Å². The highest BCUT2D eigenvalue weighted by atomic mass is 16.5. The maximum Gasteiger partial charge on any atom is 0.338 e. The summed E-state index contributed by atoms with van der Waals surface area (Å²) >= 11 is 0. The van der Waals surface area contributed by atoms with Crippen molar-refractivity contribution in [1.29, 1.82) is 0 Å². The first-order valence-corrected chi connectivity index (χ1v) is 12.1. The van der Waals surface area contributed by atoms with Crippen LogP contribution in [0, 0.1) is 0 Å². The number of esters is 1. The Morgan fingerprint density at radius 1 is 0.973 bits per heavy atom. The van der Waals surface area contributed by atoms with Gasteiger partial charge in [-0.1, -0.05) is 36.4 Å². The molecule has 1 aliphatic heterocycles. The second kappa shape index (κ2) is 11.5. The zero-order chi connectivity index (χ0) is 26.4. The number of ether oxygens (including phenoxy) is 1. The summed E-state index contributed by atoms with van der Waals surface area (Å²) in [7, 11) is 3.57. The second-order valence-electron chi connectivity index (χ2n) is 8.53. The lowest BCUT2D eigenvalue weighted by molar-refractivity contribution is -0.118. The van der Waals surface area contributed by atoms with E-state index in [1.165, 1.54) is 0 Å². The SMILES string of the molecule is CCOC(=O)c1ccc2c(c1)NC(=O)C2=C(Nc1ccc(N(C)C(=O)CCNC)cc1)c1ccccc1. The van der Waals surface area contributed by atoms with Crippen molar-refractivity contribution in [3.63, 3.8) is 0 Å². The number of nitrogens with zero attached hydrogens (tertiary/aromatic N) is 1. The smallest absolute Gasteiger partial charge is 0.338 e. The lowest BCUT2D eigenvalue weighted by atomic mass is 9.99. The Balaban J connectivity index is 1.69.